The lowest BCUT2D eigenvalue weighted by Gasteiger charge is -2.08. The zero-order valence-corrected chi connectivity index (χ0v) is 13.4. The second-order valence-electron chi connectivity index (χ2n) is 5.16. The zero-order chi connectivity index (χ0) is 17.4. The number of ketones is 1. The quantitative estimate of drug-likeness (QED) is 0.577. The van der Waals surface area contributed by atoms with E-state index in [1.54, 1.807) is 36.5 Å². The Balaban J connectivity index is 1.67. The molecule has 126 valence electrons. The van der Waals surface area contributed by atoms with Gasteiger partial charge in [-0.15, -0.1) is 0 Å². The first kappa shape index (κ1) is 17.4. The predicted octanol–water partition coefficient (Wildman–Crippen LogP) is 1.03. The fourth-order valence-corrected chi connectivity index (χ4v) is 2.00. The summed E-state index contributed by atoms with van der Waals surface area (Å²) in [4.78, 5) is 34.3. The van der Waals surface area contributed by atoms with Crippen LogP contribution in [0, 0.1) is 0 Å². The fraction of sp³-hybridized carbons (Fsp3) is 0.294. The van der Waals surface area contributed by atoms with Gasteiger partial charge in [0, 0.05) is 30.9 Å². The molecule has 0 aliphatic carbocycles. The lowest BCUT2D eigenvalue weighted by Crippen LogP contribution is -2.31. The number of benzene rings is 1. The summed E-state index contributed by atoms with van der Waals surface area (Å²) in [5.74, 6) is 0.250. The van der Waals surface area contributed by atoms with E-state index in [4.69, 9.17) is 4.74 Å². The highest BCUT2D eigenvalue weighted by molar-refractivity contribution is 5.94. The molecule has 2 rings (SSSR count). The number of nitrogens with one attached hydrogen (secondary N) is 1. The molecule has 0 bridgehead atoms. The Morgan fingerprint density at radius 3 is 2.62 bits per heavy atom. The molecule has 1 aromatic carbocycles. The van der Waals surface area contributed by atoms with Gasteiger partial charge in [0.25, 0.3) is 11.5 Å². The third-order valence-electron chi connectivity index (χ3n) is 3.28. The van der Waals surface area contributed by atoms with Gasteiger partial charge in [0.1, 0.15) is 5.75 Å². The van der Waals surface area contributed by atoms with Crippen LogP contribution >= 0.6 is 0 Å². The van der Waals surface area contributed by atoms with Crippen LogP contribution in [0.1, 0.15) is 23.7 Å². The number of hydrogen-bond acceptors (Lipinski definition) is 5. The summed E-state index contributed by atoms with van der Waals surface area (Å²) in [6.45, 7) is 2.24. The summed E-state index contributed by atoms with van der Waals surface area (Å²) >= 11 is 0. The summed E-state index contributed by atoms with van der Waals surface area (Å²) in [7, 11) is 0. The average molecular weight is 329 g/mol. The van der Waals surface area contributed by atoms with E-state index in [1.165, 1.54) is 17.7 Å². The first-order chi connectivity index (χ1) is 11.6. The van der Waals surface area contributed by atoms with Gasteiger partial charge in [0.15, 0.2) is 12.4 Å². The largest absolute Gasteiger partial charge is 0.484 e. The highest BCUT2D eigenvalue weighted by atomic mass is 16.5. The number of ether oxygens (including phenoxy) is 1. The fourth-order valence-electron chi connectivity index (χ4n) is 2.00. The van der Waals surface area contributed by atoms with Gasteiger partial charge in [-0.3, -0.25) is 14.4 Å². The molecule has 0 unspecified atom stereocenters. The van der Waals surface area contributed by atoms with Crippen molar-refractivity contribution in [3.05, 3.63) is 58.5 Å². The Hall–Kier alpha value is -2.96. The lowest BCUT2D eigenvalue weighted by atomic mass is 10.1. The van der Waals surface area contributed by atoms with Crippen LogP contribution in [0.5, 0.6) is 5.75 Å². The number of carbonyl (C=O) groups is 2. The van der Waals surface area contributed by atoms with Gasteiger partial charge in [-0.2, -0.15) is 5.10 Å². The molecule has 7 heteroatoms. The van der Waals surface area contributed by atoms with Crippen LogP contribution in [-0.4, -0.2) is 34.6 Å². The zero-order valence-electron chi connectivity index (χ0n) is 13.4. The van der Waals surface area contributed by atoms with Crippen molar-refractivity contribution in [2.45, 2.75) is 19.9 Å². The molecule has 1 heterocycles. The third-order valence-corrected chi connectivity index (χ3v) is 3.28. The maximum Gasteiger partial charge on any atom is 0.266 e. The van der Waals surface area contributed by atoms with Crippen LogP contribution in [0.4, 0.5) is 0 Å². The van der Waals surface area contributed by atoms with Crippen molar-refractivity contribution in [1.29, 1.82) is 0 Å². The van der Waals surface area contributed by atoms with Crippen LogP contribution in [-0.2, 0) is 11.3 Å². The van der Waals surface area contributed by atoms with Gasteiger partial charge in [-0.25, -0.2) is 4.68 Å². The molecule has 1 aromatic heterocycles. The Morgan fingerprint density at radius 1 is 1.21 bits per heavy atom. The van der Waals surface area contributed by atoms with Crippen molar-refractivity contribution in [3.63, 3.8) is 0 Å². The van der Waals surface area contributed by atoms with Gasteiger partial charge in [-0.1, -0.05) is 0 Å². The third kappa shape index (κ3) is 5.35. The van der Waals surface area contributed by atoms with Gasteiger partial charge in [-0.05, 0) is 43.7 Å². The first-order valence-corrected chi connectivity index (χ1v) is 7.59. The number of Topliss-reactive ketones (excluding diaryl/α,β-unsaturated/α-hetero) is 1. The Kier molecular flexibility index (Phi) is 6.24. The Labute approximate surface area is 139 Å². The van der Waals surface area contributed by atoms with E-state index in [0.29, 0.717) is 30.8 Å². The minimum Gasteiger partial charge on any atom is -0.484 e. The molecule has 0 fully saturated rings. The van der Waals surface area contributed by atoms with Gasteiger partial charge in [0.05, 0.1) is 0 Å². The number of amides is 1. The minimum atomic E-state index is -0.251. The lowest BCUT2D eigenvalue weighted by molar-refractivity contribution is -0.123. The number of aromatic nitrogens is 2. The number of carbonyl (C=O) groups excluding carboxylic acids is 2. The molecule has 2 aromatic rings. The van der Waals surface area contributed by atoms with Crippen molar-refractivity contribution in [3.8, 4) is 5.75 Å². The molecule has 0 saturated carbocycles. The van der Waals surface area contributed by atoms with E-state index in [2.05, 4.69) is 10.4 Å². The second kappa shape index (κ2) is 8.61. The van der Waals surface area contributed by atoms with Crippen molar-refractivity contribution in [2.75, 3.05) is 13.2 Å². The topological polar surface area (TPSA) is 90.3 Å². The second-order valence-corrected chi connectivity index (χ2v) is 5.16. The van der Waals surface area contributed by atoms with Crippen LogP contribution in [0.3, 0.4) is 0 Å². The van der Waals surface area contributed by atoms with E-state index < -0.39 is 0 Å². The molecule has 0 atom stereocenters. The number of hydrogen-bond donors (Lipinski definition) is 1. The maximum atomic E-state index is 11.7. The predicted molar refractivity (Wildman–Crippen MR) is 88.1 cm³/mol. The average Bonchev–Trinajstić information content (AvgIpc) is 2.58. The molecule has 0 spiro atoms. The number of rotatable bonds is 8. The maximum absolute atomic E-state index is 11.7. The molecule has 1 amide bonds. The smallest absolute Gasteiger partial charge is 0.266 e. The van der Waals surface area contributed by atoms with E-state index in [-0.39, 0.29) is 23.9 Å². The summed E-state index contributed by atoms with van der Waals surface area (Å²) in [6, 6.07) is 9.63. The van der Waals surface area contributed by atoms with Gasteiger partial charge in [0.2, 0.25) is 0 Å². The highest BCUT2D eigenvalue weighted by Crippen LogP contribution is 2.12. The molecule has 0 saturated heterocycles. The summed E-state index contributed by atoms with van der Waals surface area (Å²) < 4.78 is 6.69. The van der Waals surface area contributed by atoms with Crippen LogP contribution < -0.4 is 15.6 Å². The standard InChI is InChI=1S/C17H19N3O4/c1-13(21)14-5-7-15(8-6-14)24-12-16(22)18-9-3-11-20-17(23)4-2-10-19-20/h2,4-8,10H,3,9,11-12H2,1H3,(H,18,22). The van der Waals surface area contributed by atoms with Crippen molar-refractivity contribution >= 4 is 11.7 Å². The Bertz CT molecular complexity index is 753. The minimum absolute atomic E-state index is 0.0219. The molecule has 0 aliphatic heterocycles. The van der Waals surface area contributed by atoms with Crippen LogP contribution in [0.15, 0.2) is 47.4 Å². The first-order valence-electron chi connectivity index (χ1n) is 7.59. The van der Waals surface area contributed by atoms with Crippen LogP contribution in [0.25, 0.3) is 0 Å². The molecular weight excluding hydrogens is 310 g/mol. The van der Waals surface area contributed by atoms with E-state index in [1.807, 2.05) is 0 Å². The van der Waals surface area contributed by atoms with E-state index >= 15 is 0 Å². The normalized spacial score (nSPS) is 10.2. The molecule has 0 aliphatic rings. The Morgan fingerprint density at radius 2 is 1.96 bits per heavy atom. The van der Waals surface area contributed by atoms with Crippen molar-refractivity contribution < 1.29 is 14.3 Å². The molecule has 1 N–H and O–H groups in total. The summed E-state index contributed by atoms with van der Waals surface area (Å²) in [5.41, 5.74) is 0.428. The molecule has 0 radical (unpaired) electrons. The SMILES string of the molecule is CC(=O)c1ccc(OCC(=O)NCCCn2ncccc2=O)cc1. The molecular formula is C17H19N3O4. The van der Waals surface area contributed by atoms with Gasteiger partial charge >= 0.3 is 0 Å². The summed E-state index contributed by atoms with van der Waals surface area (Å²) in [6.07, 6.45) is 2.14. The molecule has 24 heavy (non-hydrogen) atoms. The molecule has 7 nitrogen and oxygen atoms in total. The van der Waals surface area contributed by atoms with Crippen LogP contribution in [0.2, 0.25) is 0 Å². The monoisotopic (exact) mass is 329 g/mol. The van der Waals surface area contributed by atoms with E-state index in [9.17, 15) is 14.4 Å². The van der Waals surface area contributed by atoms with Gasteiger partial charge < -0.3 is 10.1 Å². The number of nitrogens with zero attached hydrogens (tertiary/aromatic N) is 2. The van der Waals surface area contributed by atoms with Crippen molar-refractivity contribution in [2.24, 2.45) is 0 Å². The van der Waals surface area contributed by atoms with E-state index in [0.717, 1.165) is 0 Å². The summed E-state index contributed by atoms with van der Waals surface area (Å²) in [5, 5.41) is 6.64. The van der Waals surface area contributed by atoms with Crippen molar-refractivity contribution in [1.82, 2.24) is 15.1 Å². The highest BCUT2D eigenvalue weighted by Gasteiger charge is 2.04. The number of aryl methyl sites for hydroxylation is 1.